The molecule has 0 atom stereocenters. The Morgan fingerprint density at radius 3 is 2.05 bits per heavy atom. The predicted octanol–water partition coefficient (Wildman–Crippen LogP) is 3.77. The molecule has 0 aliphatic carbocycles. The number of carbonyl (C=O) groups excluding carboxylic acids is 1. The lowest BCUT2D eigenvalue weighted by molar-refractivity contribution is 0.0696. The van der Waals surface area contributed by atoms with Crippen molar-refractivity contribution in [2.75, 3.05) is 0 Å². The Hall–Kier alpha value is -2.94. The average Bonchev–Trinajstić information content (AvgIpc) is 2.53. The zero-order valence-corrected chi connectivity index (χ0v) is 11.1. The smallest absolute Gasteiger partial charge is 0.335 e. The van der Waals surface area contributed by atoms with Gasteiger partial charge in [-0.05, 0) is 22.9 Å². The van der Waals surface area contributed by atoms with Crippen LogP contribution in [0.1, 0.15) is 26.3 Å². The molecular weight excluding hydrogens is 264 g/mol. The maximum atomic E-state index is 12.6. The first kappa shape index (κ1) is 13.1. The first-order valence-corrected chi connectivity index (χ1v) is 6.52. The molecule has 0 saturated carbocycles. The third-order valence-corrected chi connectivity index (χ3v) is 3.43. The second-order valence-electron chi connectivity index (χ2n) is 4.74. The number of rotatable bonds is 3. The number of hydrogen-bond acceptors (Lipinski definition) is 2. The van der Waals surface area contributed by atoms with Crippen LogP contribution in [-0.2, 0) is 0 Å². The Labute approximate surface area is 121 Å². The molecule has 3 rings (SSSR count). The summed E-state index contributed by atoms with van der Waals surface area (Å²) < 4.78 is 0. The van der Waals surface area contributed by atoms with E-state index in [2.05, 4.69) is 0 Å². The number of hydrogen-bond donors (Lipinski definition) is 1. The Morgan fingerprint density at radius 1 is 0.714 bits per heavy atom. The monoisotopic (exact) mass is 276 g/mol. The van der Waals surface area contributed by atoms with Crippen molar-refractivity contribution in [2.45, 2.75) is 0 Å². The number of ketones is 1. The molecule has 102 valence electrons. The van der Waals surface area contributed by atoms with E-state index in [0.29, 0.717) is 11.1 Å². The van der Waals surface area contributed by atoms with Gasteiger partial charge in [0.05, 0.1) is 5.56 Å². The summed E-state index contributed by atoms with van der Waals surface area (Å²) in [6.07, 6.45) is 0. The van der Waals surface area contributed by atoms with Crippen LogP contribution in [0.5, 0.6) is 0 Å². The Morgan fingerprint density at radius 2 is 1.33 bits per heavy atom. The van der Waals surface area contributed by atoms with Crippen LogP contribution in [0.25, 0.3) is 10.8 Å². The van der Waals surface area contributed by atoms with Gasteiger partial charge in [0.15, 0.2) is 5.78 Å². The van der Waals surface area contributed by atoms with Crippen molar-refractivity contribution in [1.29, 1.82) is 0 Å². The summed E-state index contributed by atoms with van der Waals surface area (Å²) in [4.78, 5) is 23.4. The SMILES string of the molecule is O=C(O)c1ccc(C(=O)c2cccc3ccccc23)cc1. The summed E-state index contributed by atoms with van der Waals surface area (Å²) in [6.45, 7) is 0. The highest BCUT2D eigenvalue weighted by molar-refractivity contribution is 6.16. The number of benzene rings is 3. The van der Waals surface area contributed by atoms with E-state index in [1.165, 1.54) is 12.1 Å². The Bertz CT molecular complexity index is 827. The second kappa shape index (κ2) is 5.21. The molecule has 0 saturated heterocycles. The summed E-state index contributed by atoms with van der Waals surface area (Å²) in [7, 11) is 0. The van der Waals surface area contributed by atoms with E-state index in [1.807, 2.05) is 36.4 Å². The molecular formula is C18H12O3. The molecule has 3 nitrogen and oxygen atoms in total. The van der Waals surface area contributed by atoms with E-state index in [-0.39, 0.29) is 11.3 Å². The van der Waals surface area contributed by atoms with Crippen molar-refractivity contribution in [1.82, 2.24) is 0 Å². The zero-order chi connectivity index (χ0) is 14.8. The minimum absolute atomic E-state index is 0.108. The first-order chi connectivity index (χ1) is 10.2. The molecule has 3 heteroatoms. The van der Waals surface area contributed by atoms with Gasteiger partial charge in [-0.25, -0.2) is 4.79 Å². The minimum atomic E-state index is -1.00. The predicted molar refractivity (Wildman–Crippen MR) is 80.8 cm³/mol. The summed E-state index contributed by atoms with van der Waals surface area (Å²) in [5.74, 6) is -1.11. The lowest BCUT2D eigenvalue weighted by Crippen LogP contribution is -2.03. The van der Waals surface area contributed by atoms with E-state index in [1.54, 1.807) is 18.2 Å². The van der Waals surface area contributed by atoms with E-state index >= 15 is 0 Å². The largest absolute Gasteiger partial charge is 0.478 e. The zero-order valence-electron chi connectivity index (χ0n) is 11.1. The van der Waals surface area contributed by atoms with Crippen LogP contribution in [-0.4, -0.2) is 16.9 Å². The molecule has 0 aromatic heterocycles. The van der Waals surface area contributed by atoms with E-state index < -0.39 is 5.97 Å². The quantitative estimate of drug-likeness (QED) is 0.741. The Balaban J connectivity index is 2.06. The summed E-state index contributed by atoms with van der Waals surface area (Å²) in [5, 5.41) is 10.8. The van der Waals surface area contributed by atoms with Gasteiger partial charge in [0, 0.05) is 11.1 Å². The molecule has 0 unspecified atom stereocenters. The van der Waals surface area contributed by atoms with Crippen molar-refractivity contribution in [3.8, 4) is 0 Å². The van der Waals surface area contributed by atoms with Gasteiger partial charge in [-0.2, -0.15) is 0 Å². The molecule has 21 heavy (non-hydrogen) atoms. The molecule has 0 fully saturated rings. The topological polar surface area (TPSA) is 54.4 Å². The number of carboxylic acids is 1. The molecule has 3 aromatic rings. The van der Waals surface area contributed by atoms with E-state index in [0.717, 1.165) is 10.8 Å². The standard InChI is InChI=1S/C18H12O3/c19-17(13-8-10-14(11-9-13)18(20)21)16-7-3-5-12-4-1-2-6-15(12)16/h1-11H,(H,20,21). The van der Waals surface area contributed by atoms with Crippen LogP contribution >= 0.6 is 0 Å². The minimum Gasteiger partial charge on any atom is -0.478 e. The number of carboxylic acid groups (broad SMARTS) is 1. The van der Waals surface area contributed by atoms with Crippen molar-refractivity contribution in [2.24, 2.45) is 0 Å². The number of fused-ring (bicyclic) bond motifs is 1. The average molecular weight is 276 g/mol. The lowest BCUT2D eigenvalue weighted by Gasteiger charge is -2.06. The van der Waals surface area contributed by atoms with Crippen LogP contribution in [0.3, 0.4) is 0 Å². The molecule has 3 aromatic carbocycles. The summed E-state index contributed by atoms with van der Waals surface area (Å²) in [5.41, 5.74) is 1.27. The molecule has 0 radical (unpaired) electrons. The molecule has 0 spiro atoms. The fraction of sp³-hybridized carbons (Fsp3) is 0. The van der Waals surface area contributed by atoms with Gasteiger partial charge in [0.1, 0.15) is 0 Å². The van der Waals surface area contributed by atoms with Crippen LogP contribution in [0.15, 0.2) is 66.7 Å². The highest BCUT2D eigenvalue weighted by Gasteiger charge is 2.13. The fourth-order valence-corrected chi connectivity index (χ4v) is 2.34. The van der Waals surface area contributed by atoms with Crippen LogP contribution in [0.2, 0.25) is 0 Å². The third kappa shape index (κ3) is 2.41. The maximum absolute atomic E-state index is 12.6. The molecule has 0 aliphatic heterocycles. The van der Waals surface area contributed by atoms with Gasteiger partial charge >= 0.3 is 5.97 Å². The van der Waals surface area contributed by atoms with Gasteiger partial charge in [0.25, 0.3) is 0 Å². The van der Waals surface area contributed by atoms with Gasteiger partial charge in [0.2, 0.25) is 0 Å². The number of carbonyl (C=O) groups is 2. The van der Waals surface area contributed by atoms with Crippen molar-refractivity contribution < 1.29 is 14.7 Å². The lowest BCUT2D eigenvalue weighted by atomic mass is 9.97. The normalized spacial score (nSPS) is 10.5. The number of aromatic carboxylic acids is 1. The highest BCUT2D eigenvalue weighted by atomic mass is 16.4. The molecule has 1 N–H and O–H groups in total. The van der Waals surface area contributed by atoms with Gasteiger partial charge in [-0.1, -0.05) is 54.6 Å². The molecule has 0 aliphatic rings. The molecule has 0 bridgehead atoms. The summed E-state index contributed by atoms with van der Waals surface area (Å²) in [6, 6.07) is 19.3. The van der Waals surface area contributed by atoms with Gasteiger partial charge < -0.3 is 5.11 Å². The first-order valence-electron chi connectivity index (χ1n) is 6.52. The van der Waals surface area contributed by atoms with Crippen LogP contribution in [0, 0.1) is 0 Å². The van der Waals surface area contributed by atoms with Gasteiger partial charge in [-0.3, -0.25) is 4.79 Å². The van der Waals surface area contributed by atoms with Gasteiger partial charge in [-0.15, -0.1) is 0 Å². The molecule has 0 amide bonds. The van der Waals surface area contributed by atoms with E-state index in [9.17, 15) is 9.59 Å². The fourth-order valence-electron chi connectivity index (χ4n) is 2.34. The van der Waals surface area contributed by atoms with Crippen molar-refractivity contribution in [3.63, 3.8) is 0 Å². The van der Waals surface area contributed by atoms with Crippen LogP contribution < -0.4 is 0 Å². The second-order valence-corrected chi connectivity index (χ2v) is 4.74. The highest BCUT2D eigenvalue weighted by Crippen LogP contribution is 2.21. The van der Waals surface area contributed by atoms with Crippen LogP contribution in [0.4, 0.5) is 0 Å². The summed E-state index contributed by atoms with van der Waals surface area (Å²) >= 11 is 0. The van der Waals surface area contributed by atoms with E-state index in [4.69, 9.17) is 5.11 Å². The van der Waals surface area contributed by atoms with Crippen molar-refractivity contribution >= 4 is 22.5 Å². The third-order valence-electron chi connectivity index (χ3n) is 3.43. The van der Waals surface area contributed by atoms with Crippen molar-refractivity contribution in [3.05, 3.63) is 83.4 Å². The maximum Gasteiger partial charge on any atom is 0.335 e. The molecule has 0 heterocycles. The Kier molecular flexibility index (Phi) is 3.24.